The highest BCUT2D eigenvalue weighted by atomic mass is 19.4. The second-order valence-corrected chi connectivity index (χ2v) is 2.89. The zero-order chi connectivity index (χ0) is 11.8. The molecule has 0 aliphatic rings. The molecule has 84 valence electrons. The lowest BCUT2D eigenvalue weighted by Crippen LogP contribution is -2.22. The number of carbonyl (C=O) groups is 1. The number of alkyl halides is 3. The second-order valence-electron chi connectivity index (χ2n) is 2.89. The van der Waals surface area contributed by atoms with Crippen LogP contribution in [0.2, 0.25) is 0 Å². The molecule has 0 unspecified atom stereocenters. The predicted octanol–water partition coefficient (Wildman–Crippen LogP) is 0.588. The molecular formula is C7H7F3N2O3. The SMILES string of the molecule is Cc1c(C(F)(F)F)[nH]n(CC(=O)O)c1=O. The summed E-state index contributed by atoms with van der Waals surface area (Å²) in [5.74, 6) is -1.40. The maximum absolute atomic E-state index is 12.2. The lowest BCUT2D eigenvalue weighted by atomic mass is 10.3. The van der Waals surface area contributed by atoms with Crippen LogP contribution in [0.1, 0.15) is 11.3 Å². The van der Waals surface area contributed by atoms with Gasteiger partial charge in [0.05, 0.1) is 0 Å². The van der Waals surface area contributed by atoms with E-state index in [-0.39, 0.29) is 0 Å². The van der Waals surface area contributed by atoms with Crippen LogP contribution < -0.4 is 5.56 Å². The Morgan fingerprint density at radius 2 is 2.07 bits per heavy atom. The van der Waals surface area contributed by atoms with E-state index in [4.69, 9.17) is 5.11 Å². The molecule has 0 saturated carbocycles. The minimum Gasteiger partial charge on any atom is -0.480 e. The first-order valence-electron chi connectivity index (χ1n) is 3.82. The van der Waals surface area contributed by atoms with Crippen LogP contribution in [0.15, 0.2) is 4.79 Å². The van der Waals surface area contributed by atoms with Gasteiger partial charge in [-0.15, -0.1) is 0 Å². The van der Waals surface area contributed by atoms with Gasteiger partial charge in [-0.2, -0.15) is 13.2 Å². The number of hydrogen-bond donors (Lipinski definition) is 2. The number of carboxylic acid groups (broad SMARTS) is 1. The van der Waals surface area contributed by atoms with Crippen LogP contribution in [0.5, 0.6) is 0 Å². The minimum atomic E-state index is -4.69. The standard InChI is InChI=1S/C7H7F3N2O3/c1-3-5(7(8,9)10)11-12(6(3)15)2-4(13)14/h11H,2H2,1H3,(H,13,14). The summed E-state index contributed by atoms with van der Waals surface area (Å²) in [6.07, 6.45) is -4.69. The molecule has 0 aromatic carbocycles. The molecule has 0 saturated heterocycles. The van der Waals surface area contributed by atoms with Crippen molar-refractivity contribution >= 4 is 5.97 Å². The van der Waals surface area contributed by atoms with Crippen LogP contribution in [0.3, 0.4) is 0 Å². The average molecular weight is 224 g/mol. The topological polar surface area (TPSA) is 75.1 Å². The van der Waals surface area contributed by atoms with Crippen molar-refractivity contribution in [2.45, 2.75) is 19.6 Å². The first-order valence-corrected chi connectivity index (χ1v) is 3.82. The molecule has 5 nitrogen and oxygen atoms in total. The highest BCUT2D eigenvalue weighted by molar-refractivity contribution is 5.66. The summed E-state index contributed by atoms with van der Waals surface area (Å²) in [6.45, 7) is 0.162. The number of rotatable bonds is 2. The van der Waals surface area contributed by atoms with Crippen molar-refractivity contribution in [3.05, 3.63) is 21.6 Å². The largest absolute Gasteiger partial charge is 0.480 e. The van der Waals surface area contributed by atoms with Gasteiger partial charge < -0.3 is 5.11 Å². The first-order chi connectivity index (χ1) is 6.73. The maximum atomic E-state index is 12.2. The molecule has 2 N–H and O–H groups in total. The fraction of sp³-hybridized carbons (Fsp3) is 0.429. The lowest BCUT2D eigenvalue weighted by Gasteiger charge is -2.03. The molecular weight excluding hydrogens is 217 g/mol. The van der Waals surface area contributed by atoms with E-state index in [0.29, 0.717) is 4.68 Å². The summed E-state index contributed by atoms with van der Waals surface area (Å²) in [5.41, 5.74) is -2.73. The van der Waals surface area contributed by atoms with Crippen LogP contribution in [-0.4, -0.2) is 20.9 Å². The summed E-state index contributed by atoms with van der Waals surface area (Å²) in [4.78, 5) is 21.4. The Bertz CT molecular complexity index is 443. The molecule has 0 atom stereocenters. The number of carboxylic acids is 1. The highest BCUT2D eigenvalue weighted by Gasteiger charge is 2.36. The van der Waals surface area contributed by atoms with Crippen molar-refractivity contribution in [1.82, 2.24) is 9.78 Å². The zero-order valence-electron chi connectivity index (χ0n) is 7.55. The number of halogens is 3. The number of hydrogen-bond acceptors (Lipinski definition) is 2. The molecule has 15 heavy (non-hydrogen) atoms. The summed E-state index contributed by atoms with van der Waals surface area (Å²) in [7, 11) is 0. The van der Waals surface area contributed by atoms with Crippen LogP contribution >= 0.6 is 0 Å². The maximum Gasteiger partial charge on any atom is 0.433 e. The summed E-state index contributed by atoms with van der Waals surface area (Å²) in [6, 6.07) is 0. The summed E-state index contributed by atoms with van der Waals surface area (Å²) in [5, 5.41) is 10.1. The Balaban J connectivity index is 3.25. The molecule has 1 aromatic heterocycles. The Labute approximate surface area is 81.1 Å². The minimum absolute atomic E-state index is 0.403. The van der Waals surface area contributed by atoms with Crippen molar-refractivity contribution in [1.29, 1.82) is 0 Å². The van der Waals surface area contributed by atoms with Crippen LogP contribution in [0.4, 0.5) is 13.2 Å². The molecule has 0 fully saturated rings. The molecule has 0 amide bonds. The quantitative estimate of drug-likeness (QED) is 0.771. The van der Waals surface area contributed by atoms with E-state index in [1.165, 1.54) is 0 Å². The Hall–Kier alpha value is -1.73. The van der Waals surface area contributed by atoms with E-state index < -0.39 is 35.5 Å². The van der Waals surface area contributed by atoms with E-state index >= 15 is 0 Å². The third-order valence-electron chi connectivity index (χ3n) is 1.76. The van der Waals surface area contributed by atoms with Gasteiger partial charge in [-0.3, -0.25) is 14.7 Å². The van der Waals surface area contributed by atoms with Crippen molar-refractivity contribution in [2.75, 3.05) is 0 Å². The smallest absolute Gasteiger partial charge is 0.433 e. The monoisotopic (exact) mass is 224 g/mol. The van der Waals surface area contributed by atoms with Crippen molar-refractivity contribution in [2.24, 2.45) is 0 Å². The van der Waals surface area contributed by atoms with E-state index in [9.17, 15) is 22.8 Å². The van der Waals surface area contributed by atoms with Gasteiger partial charge in [-0.1, -0.05) is 0 Å². The van der Waals surface area contributed by atoms with Crippen molar-refractivity contribution < 1.29 is 23.1 Å². The van der Waals surface area contributed by atoms with Gasteiger partial charge in [0.2, 0.25) is 0 Å². The average Bonchev–Trinajstić information content (AvgIpc) is 2.30. The highest BCUT2D eigenvalue weighted by Crippen LogP contribution is 2.28. The molecule has 0 radical (unpaired) electrons. The Morgan fingerprint density at radius 1 is 1.53 bits per heavy atom. The number of aromatic amines is 1. The fourth-order valence-corrected chi connectivity index (χ4v) is 1.10. The molecule has 0 aliphatic carbocycles. The van der Waals surface area contributed by atoms with E-state index in [0.717, 1.165) is 6.92 Å². The molecule has 0 spiro atoms. The van der Waals surface area contributed by atoms with Crippen LogP contribution in [-0.2, 0) is 17.5 Å². The predicted molar refractivity (Wildman–Crippen MR) is 42.4 cm³/mol. The molecule has 8 heteroatoms. The van der Waals surface area contributed by atoms with E-state index in [1.807, 2.05) is 0 Å². The summed E-state index contributed by atoms with van der Waals surface area (Å²) >= 11 is 0. The van der Waals surface area contributed by atoms with Gasteiger partial charge in [0.1, 0.15) is 12.2 Å². The zero-order valence-corrected chi connectivity index (χ0v) is 7.55. The van der Waals surface area contributed by atoms with Gasteiger partial charge in [0.15, 0.2) is 0 Å². The van der Waals surface area contributed by atoms with Gasteiger partial charge in [-0.05, 0) is 6.92 Å². The number of H-pyrrole nitrogens is 1. The fourth-order valence-electron chi connectivity index (χ4n) is 1.10. The molecule has 0 aliphatic heterocycles. The van der Waals surface area contributed by atoms with E-state index in [1.54, 1.807) is 5.10 Å². The first kappa shape index (κ1) is 11.3. The van der Waals surface area contributed by atoms with Crippen LogP contribution in [0.25, 0.3) is 0 Å². The third kappa shape index (κ3) is 2.20. The lowest BCUT2D eigenvalue weighted by molar-refractivity contribution is -0.143. The Kier molecular flexibility index (Phi) is 2.61. The number of aromatic nitrogens is 2. The normalized spacial score (nSPS) is 11.7. The van der Waals surface area contributed by atoms with Gasteiger partial charge in [0, 0.05) is 5.56 Å². The number of aliphatic carboxylic acids is 1. The van der Waals surface area contributed by atoms with Crippen molar-refractivity contribution in [3.63, 3.8) is 0 Å². The molecule has 1 aromatic rings. The summed E-state index contributed by atoms with van der Waals surface area (Å²) < 4.78 is 37.1. The number of nitrogens with zero attached hydrogens (tertiary/aromatic N) is 1. The third-order valence-corrected chi connectivity index (χ3v) is 1.76. The van der Waals surface area contributed by atoms with Gasteiger partial charge in [0.25, 0.3) is 5.56 Å². The molecule has 1 heterocycles. The van der Waals surface area contributed by atoms with Crippen LogP contribution in [0, 0.1) is 6.92 Å². The Morgan fingerprint density at radius 3 is 2.40 bits per heavy atom. The second kappa shape index (κ2) is 3.44. The van der Waals surface area contributed by atoms with Gasteiger partial charge in [-0.25, -0.2) is 4.68 Å². The van der Waals surface area contributed by atoms with Gasteiger partial charge >= 0.3 is 12.1 Å². The van der Waals surface area contributed by atoms with Crippen molar-refractivity contribution in [3.8, 4) is 0 Å². The number of nitrogens with one attached hydrogen (secondary N) is 1. The molecule has 1 rings (SSSR count). The molecule has 0 bridgehead atoms. The van der Waals surface area contributed by atoms with E-state index in [2.05, 4.69) is 0 Å².